The van der Waals surface area contributed by atoms with Crippen molar-refractivity contribution in [2.24, 2.45) is 11.7 Å². The van der Waals surface area contributed by atoms with Crippen molar-refractivity contribution < 1.29 is 0 Å². The van der Waals surface area contributed by atoms with Crippen LogP contribution in [0.3, 0.4) is 0 Å². The van der Waals surface area contributed by atoms with Crippen molar-refractivity contribution in [1.82, 2.24) is 14.8 Å². The van der Waals surface area contributed by atoms with Crippen LogP contribution >= 0.6 is 0 Å². The number of hydrogen-bond acceptors (Lipinski definition) is 3. The standard InChI is InChI=1S/C19H24N4/c20-10-12-8-15(9-12)23-11-17(18(22-23)14-5-6-14)19-16(13-3-4-13)2-1-7-21-19/h1-2,7,11-15H,3-6,8-10,20H2/t12-,15-. The highest BCUT2D eigenvalue weighted by Crippen LogP contribution is 2.48. The summed E-state index contributed by atoms with van der Waals surface area (Å²) in [6, 6.07) is 4.89. The Bertz CT molecular complexity index is 721. The van der Waals surface area contributed by atoms with Gasteiger partial charge >= 0.3 is 0 Å². The Morgan fingerprint density at radius 1 is 1.13 bits per heavy atom. The highest BCUT2D eigenvalue weighted by Gasteiger charge is 2.36. The van der Waals surface area contributed by atoms with Crippen LogP contribution < -0.4 is 5.73 Å². The number of rotatable bonds is 5. The van der Waals surface area contributed by atoms with Crippen molar-refractivity contribution in [3.63, 3.8) is 0 Å². The molecular weight excluding hydrogens is 284 g/mol. The van der Waals surface area contributed by atoms with Gasteiger partial charge in [-0.05, 0) is 68.5 Å². The van der Waals surface area contributed by atoms with E-state index in [0.29, 0.717) is 17.9 Å². The van der Waals surface area contributed by atoms with E-state index >= 15 is 0 Å². The van der Waals surface area contributed by atoms with Crippen molar-refractivity contribution in [2.45, 2.75) is 56.4 Å². The van der Waals surface area contributed by atoms with Crippen molar-refractivity contribution in [2.75, 3.05) is 6.54 Å². The van der Waals surface area contributed by atoms with E-state index in [-0.39, 0.29) is 0 Å². The number of hydrogen-bond donors (Lipinski definition) is 1. The third kappa shape index (κ3) is 2.40. The monoisotopic (exact) mass is 308 g/mol. The van der Waals surface area contributed by atoms with Crippen LogP contribution in [0.4, 0.5) is 0 Å². The molecule has 3 fully saturated rings. The third-order valence-electron chi connectivity index (χ3n) is 5.75. The lowest BCUT2D eigenvalue weighted by molar-refractivity contribution is 0.189. The number of nitrogens with zero attached hydrogens (tertiary/aromatic N) is 3. The predicted octanol–water partition coefficient (Wildman–Crippen LogP) is 3.61. The van der Waals surface area contributed by atoms with E-state index in [1.165, 1.54) is 61.0 Å². The minimum Gasteiger partial charge on any atom is -0.330 e. The van der Waals surface area contributed by atoms with Crippen LogP contribution in [-0.2, 0) is 0 Å². The van der Waals surface area contributed by atoms with E-state index in [1.54, 1.807) is 0 Å². The van der Waals surface area contributed by atoms with Gasteiger partial charge in [0.2, 0.25) is 0 Å². The van der Waals surface area contributed by atoms with Gasteiger partial charge < -0.3 is 5.73 Å². The highest BCUT2D eigenvalue weighted by atomic mass is 15.3. The molecule has 3 aliphatic carbocycles. The second-order valence-corrected chi connectivity index (χ2v) is 7.62. The quantitative estimate of drug-likeness (QED) is 0.918. The first-order valence-electron chi connectivity index (χ1n) is 9.08. The Hall–Kier alpha value is -1.68. The van der Waals surface area contributed by atoms with Crippen LogP contribution in [0.1, 0.15) is 67.7 Å². The molecule has 0 radical (unpaired) electrons. The van der Waals surface area contributed by atoms with Gasteiger partial charge in [0.15, 0.2) is 0 Å². The molecule has 4 heteroatoms. The third-order valence-corrected chi connectivity index (χ3v) is 5.75. The molecule has 3 saturated carbocycles. The molecule has 23 heavy (non-hydrogen) atoms. The van der Waals surface area contributed by atoms with Crippen molar-refractivity contribution in [1.29, 1.82) is 0 Å². The summed E-state index contributed by atoms with van der Waals surface area (Å²) >= 11 is 0. The van der Waals surface area contributed by atoms with Crippen LogP contribution in [0, 0.1) is 5.92 Å². The van der Waals surface area contributed by atoms with Crippen molar-refractivity contribution >= 4 is 0 Å². The number of pyridine rings is 1. The molecule has 120 valence electrons. The molecule has 4 nitrogen and oxygen atoms in total. The largest absolute Gasteiger partial charge is 0.330 e. The fourth-order valence-electron chi connectivity index (χ4n) is 3.91. The van der Waals surface area contributed by atoms with Crippen molar-refractivity contribution in [3.8, 4) is 11.3 Å². The van der Waals surface area contributed by atoms with E-state index < -0.39 is 0 Å². The summed E-state index contributed by atoms with van der Waals surface area (Å²) in [6.45, 7) is 0.812. The van der Waals surface area contributed by atoms with E-state index in [4.69, 9.17) is 15.8 Å². The van der Waals surface area contributed by atoms with Crippen molar-refractivity contribution in [3.05, 3.63) is 35.8 Å². The molecule has 3 aliphatic rings. The van der Waals surface area contributed by atoms with E-state index in [1.807, 2.05) is 6.20 Å². The van der Waals surface area contributed by atoms with Crippen LogP contribution in [0.5, 0.6) is 0 Å². The Kier molecular flexibility index (Phi) is 3.08. The number of aromatic nitrogens is 3. The fourth-order valence-corrected chi connectivity index (χ4v) is 3.91. The van der Waals surface area contributed by atoms with E-state index in [0.717, 1.165) is 12.5 Å². The molecule has 0 spiro atoms. The molecule has 0 aromatic carbocycles. The maximum absolute atomic E-state index is 5.78. The average Bonchev–Trinajstić information content (AvgIpc) is 3.44. The molecule has 0 bridgehead atoms. The summed E-state index contributed by atoms with van der Waals surface area (Å²) in [4.78, 5) is 4.76. The summed E-state index contributed by atoms with van der Waals surface area (Å²) in [5.74, 6) is 2.07. The molecule has 0 atom stereocenters. The molecule has 5 rings (SSSR count). The molecule has 2 N–H and O–H groups in total. The normalized spacial score (nSPS) is 27.0. The molecular formula is C19H24N4. The van der Waals surface area contributed by atoms with Gasteiger partial charge in [0.05, 0.1) is 17.4 Å². The zero-order chi connectivity index (χ0) is 15.4. The number of nitrogens with two attached hydrogens (primary N) is 1. The molecule has 2 aromatic heterocycles. The second kappa shape index (κ2) is 5.17. The topological polar surface area (TPSA) is 56.7 Å². The van der Waals surface area contributed by atoms with Crippen LogP contribution in [0.15, 0.2) is 24.5 Å². The molecule has 0 amide bonds. The first kappa shape index (κ1) is 13.7. The summed E-state index contributed by atoms with van der Waals surface area (Å²) in [5, 5.41) is 5.00. The lowest BCUT2D eigenvalue weighted by Crippen LogP contribution is -2.32. The summed E-state index contributed by atoms with van der Waals surface area (Å²) in [5.41, 5.74) is 11.0. The van der Waals surface area contributed by atoms with E-state index in [2.05, 4.69) is 23.0 Å². The van der Waals surface area contributed by atoms with Gasteiger partial charge in [-0.25, -0.2) is 0 Å². The zero-order valence-corrected chi connectivity index (χ0v) is 13.5. The molecule has 0 unspecified atom stereocenters. The predicted molar refractivity (Wildman–Crippen MR) is 90.2 cm³/mol. The van der Waals surface area contributed by atoms with Gasteiger partial charge in [-0.15, -0.1) is 0 Å². The fraction of sp³-hybridized carbons (Fsp3) is 0.579. The maximum Gasteiger partial charge on any atom is 0.0771 e. The Morgan fingerprint density at radius 3 is 2.61 bits per heavy atom. The minimum absolute atomic E-state index is 0.544. The van der Waals surface area contributed by atoms with Gasteiger partial charge in [0.25, 0.3) is 0 Å². The van der Waals surface area contributed by atoms with E-state index in [9.17, 15) is 0 Å². The smallest absolute Gasteiger partial charge is 0.0771 e. The SMILES string of the molecule is NC[C@H]1C[C@H](n2cc(-c3ncccc3C3CC3)c(C3CC3)n2)C1. The maximum atomic E-state index is 5.78. The second-order valence-electron chi connectivity index (χ2n) is 7.62. The summed E-state index contributed by atoms with van der Waals surface area (Å²) in [7, 11) is 0. The van der Waals surface area contributed by atoms with Gasteiger partial charge in [0.1, 0.15) is 0 Å². The van der Waals surface area contributed by atoms with Gasteiger partial charge in [0, 0.05) is 23.9 Å². The van der Waals surface area contributed by atoms with Gasteiger partial charge in [-0.1, -0.05) is 6.07 Å². The molecule has 2 aromatic rings. The Balaban J connectivity index is 1.53. The van der Waals surface area contributed by atoms with Crippen LogP contribution in [0.25, 0.3) is 11.3 Å². The lowest BCUT2D eigenvalue weighted by Gasteiger charge is -2.34. The van der Waals surface area contributed by atoms with Gasteiger partial charge in [-0.2, -0.15) is 5.10 Å². The Morgan fingerprint density at radius 2 is 1.91 bits per heavy atom. The first-order chi connectivity index (χ1) is 11.3. The minimum atomic E-state index is 0.544. The highest BCUT2D eigenvalue weighted by molar-refractivity contribution is 5.67. The Labute approximate surface area is 137 Å². The summed E-state index contributed by atoms with van der Waals surface area (Å²) in [6.07, 6.45) is 11.8. The van der Waals surface area contributed by atoms with Crippen LogP contribution in [-0.4, -0.2) is 21.3 Å². The first-order valence-corrected chi connectivity index (χ1v) is 9.08. The van der Waals surface area contributed by atoms with Gasteiger partial charge in [-0.3, -0.25) is 9.67 Å². The van der Waals surface area contributed by atoms with Crippen LogP contribution in [0.2, 0.25) is 0 Å². The summed E-state index contributed by atoms with van der Waals surface area (Å²) < 4.78 is 2.22. The average molecular weight is 308 g/mol. The lowest BCUT2D eigenvalue weighted by atomic mass is 9.80. The molecule has 2 heterocycles. The molecule has 0 aliphatic heterocycles. The molecule has 0 saturated heterocycles. The zero-order valence-electron chi connectivity index (χ0n) is 13.5.